The number of methoxy groups -OCH3 is 1. The first-order chi connectivity index (χ1) is 18.3. The van der Waals surface area contributed by atoms with Crippen molar-refractivity contribution in [3.05, 3.63) is 59.1 Å². The molecular formula is C28H43ClN4O3S2. The minimum Gasteiger partial charge on any atom is -0.495 e. The summed E-state index contributed by atoms with van der Waals surface area (Å²) in [7, 11) is -1.32. The Balaban J connectivity index is 0.000000215. The van der Waals surface area contributed by atoms with Gasteiger partial charge in [0.05, 0.1) is 17.9 Å². The molecule has 0 unspecified atom stereocenters. The zero-order valence-electron chi connectivity index (χ0n) is 22.9. The maximum absolute atomic E-state index is 11.3. The molecule has 0 spiro atoms. The van der Waals surface area contributed by atoms with Crippen molar-refractivity contribution in [3.63, 3.8) is 0 Å². The summed E-state index contributed by atoms with van der Waals surface area (Å²) in [6.45, 7) is 7.07. The van der Waals surface area contributed by atoms with E-state index in [4.69, 9.17) is 16.3 Å². The molecule has 0 radical (unpaired) electrons. The summed E-state index contributed by atoms with van der Waals surface area (Å²) in [5, 5.41) is 7.57. The summed E-state index contributed by atoms with van der Waals surface area (Å²) in [4.78, 5) is 4.79. The number of hydrogen-bond acceptors (Lipinski definition) is 8. The molecule has 2 aromatic carbocycles. The molecule has 0 bridgehead atoms. The zero-order chi connectivity index (χ0) is 27.4. The standard InChI is InChI=1S/C14H21ClN2O3S.C14H22N2S/c1-20-14-9-12(3-4-13(14)15)17-7-6-16-11(10-17)5-8-21(2,18)19;1-17-10-7-14-12-16(9-8-15-14)11-13-5-3-2-4-6-13/h3-4,9,11,16H,5-8,10H2,1-2H3;2-6,14-15H,7-12H2,1H3/t11-;14-/m00/s1. The first-order valence-corrected chi connectivity index (χ1v) is 17.1. The van der Waals surface area contributed by atoms with E-state index >= 15 is 0 Å². The molecule has 4 rings (SSSR count). The van der Waals surface area contributed by atoms with Crippen molar-refractivity contribution in [3.8, 4) is 5.75 Å². The summed E-state index contributed by atoms with van der Waals surface area (Å²) in [5.41, 5.74) is 2.47. The second kappa shape index (κ2) is 15.9. The van der Waals surface area contributed by atoms with Crippen molar-refractivity contribution >= 4 is 38.9 Å². The van der Waals surface area contributed by atoms with E-state index in [0.717, 1.165) is 38.4 Å². The Kier molecular flexibility index (Phi) is 13.0. The number of hydrogen-bond donors (Lipinski definition) is 2. The molecule has 2 aliphatic rings. The number of nitrogens with one attached hydrogen (secondary N) is 2. The molecule has 7 nitrogen and oxygen atoms in total. The van der Waals surface area contributed by atoms with Crippen molar-refractivity contribution in [2.75, 3.05) is 75.3 Å². The quantitative estimate of drug-likeness (QED) is 0.439. The van der Waals surface area contributed by atoms with Gasteiger partial charge in [0.25, 0.3) is 0 Å². The van der Waals surface area contributed by atoms with Gasteiger partial charge in [-0.2, -0.15) is 11.8 Å². The number of anilines is 1. The molecule has 2 aromatic rings. The van der Waals surface area contributed by atoms with Crippen LogP contribution in [0, 0.1) is 0 Å². The lowest BCUT2D eigenvalue weighted by atomic mass is 10.1. The van der Waals surface area contributed by atoms with E-state index in [1.807, 2.05) is 30.0 Å². The molecule has 2 N–H and O–H groups in total. The second-order valence-electron chi connectivity index (χ2n) is 9.99. The summed E-state index contributed by atoms with van der Waals surface area (Å²) in [6.07, 6.45) is 5.37. The average Bonchev–Trinajstić information content (AvgIpc) is 2.92. The number of sulfone groups is 1. The number of nitrogens with zero attached hydrogens (tertiary/aromatic N) is 2. The summed E-state index contributed by atoms with van der Waals surface area (Å²) < 4.78 is 27.8. The fourth-order valence-corrected chi connectivity index (χ4v) is 6.22. The van der Waals surface area contributed by atoms with Crippen LogP contribution in [0.3, 0.4) is 0 Å². The molecule has 38 heavy (non-hydrogen) atoms. The lowest BCUT2D eigenvalue weighted by Crippen LogP contribution is -2.51. The largest absolute Gasteiger partial charge is 0.495 e. The molecule has 2 heterocycles. The molecule has 2 aliphatic heterocycles. The van der Waals surface area contributed by atoms with Crippen molar-refractivity contribution < 1.29 is 13.2 Å². The minimum absolute atomic E-state index is 0.176. The SMILES string of the molecule is COc1cc(N2CCN[C@@H](CCS(C)(=O)=O)C2)ccc1Cl.CSCC[C@H]1CN(Cc2ccccc2)CCN1. The first kappa shape index (κ1) is 31.0. The fraction of sp³-hybridized carbons (Fsp3) is 0.571. The molecule has 0 amide bonds. The predicted octanol–water partition coefficient (Wildman–Crippen LogP) is 3.78. The maximum Gasteiger partial charge on any atom is 0.147 e. The van der Waals surface area contributed by atoms with E-state index in [-0.39, 0.29) is 11.8 Å². The van der Waals surface area contributed by atoms with Gasteiger partial charge in [-0.15, -0.1) is 0 Å². The Bertz CT molecular complexity index is 1080. The Morgan fingerprint density at radius 2 is 1.74 bits per heavy atom. The van der Waals surface area contributed by atoms with Gasteiger partial charge in [0.2, 0.25) is 0 Å². The molecule has 2 saturated heterocycles. The first-order valence-electron chi connectivity index (χ1n) is 13.3. The van der Waals surface area contributed by atoms with Crippen LogP contribution < -0.4 is 20.3 Å². The highest BCUT2D eigenvalue weighted by atomic mass is 35.5. The summed E-state index contributed by atoms with van der Waals surface area (Å²) >= 11 is 7.98. The molecule has 10 heteroatoms. The van der Waals surface area contributed by atoms with Crippen LogP contribution in [0.4, 0.5) is 5.69 Å². The van der Waals surface area contributed by atoms with E-state index in [1.54, 1.807) is 7.11 Å². The minimum atomic E-state index is -2.92. The van der Waals surface area contributed by atoms with Gasteiger partial charge < -0.3 is 20.3 Å². The van der Waals surface area contributed by atoms with Gasteiger partial charge in [0.15, 0.2) is 0 Å². The topological polar surface area (TPSA) is 73.9 Å². The summed E-state index contributed by atoms with van der Waals surface area (Å²) in [6, 6.07) is 17.3. The molecule has 2 atom stereocenters. The number of halogens is 1. The molecule has 2 fully saturated rings. The lowest BCUT2D eigenvalue weighted by molar-refractivity contribution is 0.190. The van der Waals surface area contributed by atoms with E-state index in [2.05, 4.69) is 57.0 Å². The highest BCUT2D eigenvalue weighted by Gasteiger charge is 2.21. The third-order valence-electron chi connectivity index (χ3n) is 6.85. The lowest BCUT2D eigenvalue weighted by Gasteiger charge is -2.35. The highest BCUT2D eigenvalue weighted by molar-refractivity contribution is 7.98. The highest BCUT2D eigenvalue weighted by Crippen LogP contribution is 2.30. The van der Waals surface area contributed by atoms with E-state index in [9.17, 15) is 8.42 Å². The third-order valence-corrected chi connectivity index (χ3v) is 8.79. The van der Waals surface area contributed by atoms with Crippen molar-refractivity contribution in [2.24, 2.45) is 0 Å². The van der Waals surface area contributed by atoms with Crippen LogP contribution in [0.2, 0.25) is 5.02 Å². The predicted molar refractivity (Wildman–Crippen MR) is 163 cm³/mol. The molecule has 0 saturated carbocycles. The van der Waals surface area contributed by atoms with E-state index in [0.29, 0.717) is 23.2 Å². The zero-order valence-corrected chi connectivity index (χ0v) is 25.3. The van der Waals surface area contributed by atoms with Gasteiger partial charge in [-0.1, -0.05) is 41.9 Å². The monoisotopic (exact) mass is 582 g/mol. The van der Waals surface area contributed by atoms with Gasteiger partial charge in [-0.3, -0.25) is 4.90 Å². The molecular weight excluding hydrogens is 540 g/mol. The number of ether oxygens (including phenoxy) is 1. The Morgan fingerprint density at radius 1 is 1.03 bits per heavy atom. The van der Waals surface area contributed by atoms with Gasteiger partial charge in [0, 0.05) is 75.9 Å². The van der Waals surface area contributed by atoms with Gasteiger partial charge in [-0.25, -0.2) is 8.42 Å². The smallest absolute Gasteiger partial charge is 0.147 e. The third kappa shape index (κ3) is 10.9. The number of piperazine rings is 2. The second-order valence-corrected chi connectivity index (χ2v) is 13.6. The van der Waals surface area contributed by atoms with Crippen LogP contribution in [0.15, 0.2) is 48.5 Å². The van der Waals surface area contributed by atoms with Crippen LogP contribution in [-0.4, -0.2) is 95.8 Å². The van der Waals surface area contributed by atoms with Gasteiger partial charge in [0.1, 0.15) is 15.6 Å². The van der Waals surface area contributed by atoms with Crippen molar-refractivity contribution in [2.45, 2.75) is 31.5 Å². The normalized spacial score (nSPS) is 20.5. The molecule has 0 aliphatic carbocycles. The molecule has 212 valence electrons. The van der Waals surface area contributed by atoms with Crippen LogP contribution in [0.5, 0.6) is 5.75 Å². The fourth-order valence-electron chi connectivity index (χ4n) is 4.79. The van der Waals surface area contributed by atoms with Crippen LogP contribution in [-0.2, 0) is 16.4 Å². The Morgan fingerprint density at radius 3 is 2.42 bits per heavy atom. The van der Waals surface area contributed by atoms with Gasteiger partial charge in [-0.05, 0) is 42.5 Å². The van der Waals surface area contributed by atoms with E-state index < -0.39 is 9.84 Å². The Labute approximate surface area is 238 Å². The molecule has 0 aromatic heterocycles. The number of benzene rings is 2. The van der Waals surface area contributed by atoms with Crippen LogP contribution in [0.1, 0.15) is 18.4 Å². The number of thioether (sulfide) groups is 1. The van der Waals surface area contributed by atoms with Crippen LogP contribution >= 0.6 is 23.4 Å². The van der Waals surface area contributed by atoms with Crippen molar-refractivity contribution in [1.82, 2.24) is 15.5 Å². The van der Waals surface area contributed by atoms with Crippen molar-refractivity contribution in [1.29, 1.82) is 0 Å². The van der Waals surface area contributed by atoms with Gasteiger partial charge >= 0.3 is 0 Å². The number of rotatable bonds is 10. The Hall–Kier alpha value is -1.49. The van der Waals surface area contributed by atoms with E-state index in [1.165, 1.54) is 37.1 Å². The summed E-state index contributed by atoms with van der Waals surface area (Å²) in [5.74, 6) is 2.12. The van der Waals surface area contributed by atoms with Crippen LogP contribution in [0.25, 0.3) is 0 Å². The maximum atomic E-state index is 11.3. The average molecular weight is 583 g/mol.